The lowest BCUT2D eigenvalue weighted by Gasteiger charge is -2.33. The van der Waals surface area contributed by atoms with Gasteiger partial charge in [0, 0.05) is 31.5 Å². The number of nitrogens with zero attached hydrogens (tertiary/aromatic N) is 4. The summed E-state index contributed by atoms with van der Waals surface area (Å²) < 4.78 is 38.1. The van der Waals surface area contributed by atoms with E-state index in [1.54, 1.807) is 6.20 Å². The number of anilines is 2. The molecule has 0 spiro atoms. The van der Waals surface area contributed by atoms with Gasteiger partial charge in [-0.1, -0.05) is 0 Å². The largest absolute Gasteiger partial charge is 0.416 e. The lowest BCUT2D eigenvalue weighted by Crippen LogP contribution is -2.39. The highest BCUT2D eigenvalue weighted by molar-refractivity contribution is 5.41. The first-order chi connectivity index (χ1) is 11.0. The van der Waals surface area contributed by atoms with Gasteiger partial charge in [0.25, 0.3) is 0 Å². The number of hydrogen-bond donors (Lipinski definition) is 1. The Morgan fingerprint density at radius 2 is 1.91 bits per heavy atom. The fourth-order valence-electron chi connectivity index (χ4n) is 2.61. The molecule has 2 aromatic rings. The highest BCUT2D eigenvalue weighted by Crippen LogP contribution is 2.30. The third kappa shape index (κ3) is 3.88. The normalized spacial score (nSPS) is 16.4. The van der Waals surface area contributed by atoms with E-state index in [4.69, 9.17) is 0 Å². The van der Waals surface area contributed by atoms with E-state index in [9.17, 15) is 13.2 Å². The molecule has 122 valence electrons. The molecule has 1 saturated heterocycles. The number of alkyl halides is 3. The number of halogens is 3. The van der Waals surface area contributed by atoms with Gasteiger partial charge in [-0.2, -0.15) is 18.3 Å². The molecule has 1 fully saturated rings. The van der Waals surface area contributed by atoms with Crippen LogP contribution in [0.25, 0.3) is 0 Å². The molecule has 0 atom stereocenters. The first kappa shape index (κ1) is 15.5. The Kier molecular flexibility index (Phi) is 4.31. The fourth-order valence-corrected chi connectivity index (χ4v) is 2.61. The smallest absolute Gasteiger partial charge is 0.367 e. The number of pyridine rings is 1. The van der Waals surface area contributed by atoms with E-state index >= 15 is 0 Å². The van der Waals surface area contributed by atoms with Crippen molar-refractivity contribution in [2.75, 3.05) is 23.3 Å². The number of nitrogens with one attached hydrogen (secondary N) is 1. The molecule has 0 unspecified atom stereocenters. The summed E-state index contributed by atoms with van der Waals surface area (Å²) >= 11 is 0. The molecule has 0 amide bonds. The summed E-state index contributed by atoms with van der Waals surface area (Å²) in [6.07, 6.45) is 0.0503. The van der Waals surface area contributed by atoms with Crippen molar-refractivity contribution in [3.63, 3.8) is 0 Å². The second-order valence-corrected chi connectivity index (χ2v) is 5.42. The van der Waals surface area contributed by atoms with Crippen LogP contribution in [0.4, 0.5) is 24.8 Å². The molecule has 0 saturated carbocycles. The summed E-state index contributed by atoms with van der Waals surface area (Å²) in [6.45, 7) is 1.55. The molecule has 0 aromatic carbocycles. The molecular weight excluding hydrogens is 307 g/mol. The van der Waals surface area contributed by atoms with Crippen LogP contribution in [0.5, 0.6) is 0 Å². The third-order valence-electron chi connectivity index (χ3n) is 3.82. The van der Waals surface area contributed by atoms with E-state index in [-0.39, 0.29) is 11.9 Å². The van der Waals surface area contributed by atoms with Crippen LogP contribution in [-0.2, 0) is 6.18 Å². The second-order valence-electron chi connectivity index (χ2n) is 5.42. The van der Waals surface area contributed by atoms with Gasteiger partial charge in [-0.3, -0.25) is 0 Å². The second kappa shape index (κ2) is 6.39. The number of rotatable bonds is 3. The summed E-state index contributed by atoms with van der Waals surface area (Å²) in [7, 11) is 0. The van der Waals surface area contributed by atoms with Gasteiger partial charge in [0.05, 0.1) is 5.56 Å². The van der Waals surface area contributed by atoms with Crippen LogP contribution in [0.2, 0.25) is 0 Å². The van der Waals surface area contributed by atoms with Crippen LogP contribution >= 0.6 is 0 Å². The average molecular weight is 323 g/mol. The molecule has 3 heterocycles. The highest BCUT2D eigenvalue weighted by Gasteiger charge is 2.31. The van der Waals surface area contributed by atoms with Gasteiger partial charge in [0.15, 0.2) is 5.82 Å². The van der Waals surface area contributed by atoms with Crippen LogP contribution in [0.15, 0.2) is 36.7 Å². The molecule has 0 bridgehead atoms. The quantitative estimate of drug-likeness (QED) is 0.941. The number of piperidine rings is 1. The molecule has 1 aliphatic rings. The van der Waals surface area contributed by atoms with E-state index in [1.807, 2.05) is 12.1 Å². The molecule has 5 nitrogen and oxygen atoms in total. The summed E-state index contributed by atoms with van der Waals surface area (Å²) in [4.78, 5) is 6.09. The topological polar surface area (TPSA) is 53.9 Å². The van der Waals surface area contributed by atoms with Gasteiger partial charge < -0.3 is 10.2 Å². The molecule has 0 radical (unpaired) electrons. The zero-order valence-corrected chi connectivity index (χ0v) is 12.3. The Labute approximate surface area is 131 Å². The first-order valence-corrected chi connectivity index (χ1v) is 7.35. The van der Waals surface area contributed by atoms with Gasteiger partial charge in [0.1, 0.15) is 5.82 Å². The number of aromatic nitrogens is 3. The maximum Gasteiger partial charge on any atom is 0.416 e. The van der Waals surface area contributed by atoms with Crippen molar-refractivity contribution < 1.29 is 13.2 Å². The average Bonchev–Trinajstić information content (AvgIpc) is 2.56. The van der Waals surface area contributed by atoms with Crippen molar-refractivity contribution >= 4 is 11.6 Å². The van der Waals surface area contributed by atoms with Gasteiger partial charge in [-0.25, -0.2) is 4.98 Å². The standard InChI is InChI=1S/C15H16F3N5/c16-15(17,18)11-3-7-19-13(10-11)21-12-4-8-23(9-5-12)14-2-1-6-20-22-14/h1-3,6-7,10,12H,4-5,8-9H2,(H,19,21). The Balaban J connectivity index is 1.59. The maximum atomic E-state index is 12.7. The highest BCUT2D eigenvalue weighted by atomic mass is 19.4. The van der Waals surface area contributed by atoms with E-state index in [0.29, 0.717) is 0 Å². The van der Waals surface area contributed by atoms with Crippen molar-refractivity contribution in [1.29, 1.82) is 0 Å². The van der Waals surface area contributed by atoms with Crippen LogP contribution in [0, 0.1) is 0 Å². The SMILES string of the molecule is FC(F)(F)c1ccnc(NC2CCN(c3cccnn3)CC2)c1. The lowest BCUT2D eigenvalue weighted by atomic mass is 10.0. The van der Waals surface area contributed by atoms with E-state index in [2.05, 4.69) is 25.4 Å². The first-order valence-electron chi connectivity index (χ1n) is 7.35. The van der Waals surface area contributed by atoms with Crippen molar-refractivity contribution in [3.8, 4) is 0 Å². The van der Waals surface area contributed by atoms with Crippen LogP contribution in [0.1, 0.15) is 18.4 Å². The van der Waals surface area contributed by atoms with E-state index < -0.39 is 11.7 Å². The zero-order chi connectivity index (χ0) is 16.3. The predicted octanol–water partition coefficient (Wildman–Crippen LogP) is 2.97. The van der Waals surface area contributed by atoms with Crippen LogP contribution in [-0.4, -0.2) is 34.3 Å². The minimum Gasteiger partial charge on any atom is -0.367 e. The lowest BCUT2D eigenvalue weighted by molar-refractivity contribution is -0.137. The molecular formula is C15H16F3N5. The third-order valence-corrected chi connectivity index (χ3v) is 3.82. The van der Waals surface area contributed by atoms with Gasteiger partial charge in [0.2, 0.25) is 0 Å². The van der Waals surface area contributed by atoms with E-state index in [0.717, 1.165) is 43.9 Å². The monoisotopic (exact) mass is 323 g/mol. The molecule has 1 N–H and O–H groups in total. The summed E-state index contributed by atoms with van der Waals surface area (Å²) in [5.41, 5.74) is -0.688. The van der Waals surface area contributed by atoms with Crippen molar-refractivity contribution in [1.82, 2.24) is 15.2 Å². The fraction of sp³-hybridized carbons (Fsp3) is 0.400. The van der Waals surface area contributed by atoms with Crippen LogP contribution < -0.4 is 10.2 Å². The number of hydrogen-bond acceptors (Lipinski definition) is 5. The molecule has 8 heteroatoms. The van der Waals surface area contributed by atoms with Gasteiger partial charge in [-0.15, -0.1) is 5.10 Å². The van der Waals surface area contributed by atoms with Crippen molar-refractivity contribution in [3.05, 3.63) is 42.2 Å². The van der Waals surface area contributed by atoms with Crippen LogP contribution in [0.3, 0.4) is 0 Å². The molecule has 0 aliphatic carbocycles. The molecule has 2 aromatic heterocycles. The molecule has 1 aliphatic heterocycles. The molecule has 23 heavy (non-hydrogen) atoms. The van der Waals surface area contributed by atoms with Gasteiger partial charge in [-0.05, 0) is 37.1 Å². The maximum absolute atomic E-state index is 12.7. The van der Waals surface area contributed by atoms with E-state index in [1.165, 1.54) is 6.20 Å². The van der Waals surface area contributed by atoms with Crippen molar-refractivity contribution in [2.24, 2.45) is 0 Å². The summed E-state index contributed by atoms with van der Waals surface area (Å²) in [6, 6.07) is 5.85. The summed E-state index contributed by atoms with van der Waals surface area (Å²) in [5.74, 6) is 1.08. The zero-order valence-electron chi connectivity index (χ0n) is 12.3. The summed E-state index contributed by atoms with van der Waals surface area (Å²) in [5, 5.41) is 11.0. The minimum absolute atomic E-state index is 0.0962. The Morgan fingerprint density at radius 3 is 2.57 bits per heavy atom. The minimum atomic E-state index is -4.35. The Hall–Kier alpha value is -2.38. The predicted molar refractivity (Wildman–Crippen MR) is 80.1 cm³/mol. The molecule has 3 rings (SSSR count). The van der Waals surface area contributed by atoms with Gasteiger partial charge >= 0.3 is 6.18 Å². The van der Waals surface area contributed by atoms with Crippen molar-refractivity contribution in [2.45, 2.75) is 25.1 Å². The Morgan fingerprint density at radius 1 is 1.13 bits per heavy atom. The Bertz CT molecular complexity index is 639.